The maximum Gasteiger partial charge on any atom is 0.240 e. The number of hydrogen-bond donors (Lipinski definition) is 1. The zero-order valence-electron chi connectivity index (χ0n) is 10.3. The number of sulfonamides is 1. The number of nitrogens with one attached hydrogen (secondary N) is 1. The van der Waals surface area contributed by atoms with Crippen molar-refractivity contribution in [2.45, 2.75) is 11.3 Å². The molecule has 0 aliphatic heterocycles. The lowest BCUT2D eigenvalue weighted by Gasteiger charge is -2.03. The van der Waals surface area contributed by atoms with Crippen LogP contribution in [-0.4, -0.2) is 15.0 Å². The van der Waals surface area contributed by atoms with Crippen LogP contribution in [0.3, 0.4) is 0 Å². The van der Waals surface area contributed by atoms with E-state index in [0.717, 1.165) is 6.42 Å². The van der Waals surface area contributed by atoms with Crippen LogP contribution in [0.15, 0.2) is 64.9 Å². The Labute approximate surface area is 117 Å². The van der Waals surface area contributed by atoms with Gasteiger partial charge in [0.2, 0.25) is 10.0 Å². The largest absolute Gasteiger partial charge is 0.240 e. The first-order chi connectivity index (χ1) is 9.18. The molecule has 100 valence electrons. The first-order valence-corrected chi connectivity index (χ1v) is 8.27. The van der Waals surface area contributed by atoms with Crippen LogP contribution in [0, 0.1) is 0 Å². The van der Waals surface area contributed by atoms with E-state index < -0.39 is 10.0 Å². The van der Waals surface area contributed by atoms with Crippen LogP contribution >= 0.6 is 11.3 Å². The molecule has 1 heterocycles. The van der Waals surface area contributed by atoms with Gasteiger partial charge >= 0.3 is 0 Å². The van der Waals surface area contributed by atoms with Crippen LogP contribution in [0.5, 0.6) is 0 Å². The third-order valence-electron chi connectivity index (χ3n) is 2.51. The van der Waals surface area contributed by atoms with E-state index in [-0.39, 0.29) is 0 Å². The Hall–Kier alpha value is -1.43. The molecule has 0 aliphatic rings. The molecule has 1 aromatic carbocycles. The van der Waals surface area contributed by atoms with Crippen molar-refractivity contribution in [3.05, 3.63) is 64.9 Å². The van der Waals surface area contributed by atoms with E-state index in [1.807, 2.05) is 23.6 Å². The molecule has 0 unspecified atom stereocenters. The van der Waals surface area contributed by atoms with Crippen molar-refractivity contribution in [2.75, 3.05) is 6.54 Å². The lowest BCUT2D eigenvalue weighted by Crippen LogP contribution is -2.23. The zero-order valence-corrected chi connectivity index (χ0v) is 12.0. The molecule has 3 nitrogen and oxygen atoms in total. The fraction of sp³-hybridized carbons (Fsp3) is 0.143. The average Bonchev–Trinajstić information content (AvgIpc) is 2.92. The number of allylic oxidation sites excluding steroid dienone is 1. The Balaban J connectivity index is 1.84. The maximum absolute atomic E-state index is 11.9. The summed E-state index contributed by atoms with van der Waals surface area (Å²) in [5.41, 5.74) is 0. The lowest BCUT2D eigenvalue weighted by atomic mass is 10.3. The molecule has 0 saturated carbocycles. The summed E-state index contributed by atoms with van der Waals surface area (Å²) in [7, 11) is -3.39. The molecule has 0 fully saturated rings. The summed E-state index contributed by atoms with van der Waals surface area (Å²) in [4.78, 5) is 1.56. The van der Waals surface area contributed by atoms with Gasteiger partial charge in [0, 0.05) is 11.4 Å². The average molecular weight is 293 g/mol. The predicted molar refractivity (Wildman–Crippen MR) is 78.8 cm³/mol. The molecule has 0 radical (unpaired) electrons. The smallest absolute Gasteiger partial charge is 0.207 e. The molecule has 1 aromatic heterocycles. The highest BCUT2D eigenvalue weighted by Crippen LogP contribution is 2.09. The van der Waals surface area contributed by atoms with Gasteiger partial charge in [-0.05, 0) is 30.0 Å². The van der Waals surface area contributed by atoms with Gasteiger partial charge in [0.15, 0.2) is 0 Å². The highest BCUT2D eigenvalue weighted by molar-refractivity contribution is 7.89. The molecule has 0 aliphatic carbocycles. The first-order valence-electron chi connectivity index (χ1n) is 5.90. The molecule has 5 heteroatoms. The summed E-state index contributed by atoms with van der Waals surface area (Å²) in [5.74, 6) is 0. The van der Waals surface area contributed by atoms with Crippen LogP contribution in [-0.2, 0) is 16.4 Å². The Morgan fingerprint density at radius 1 is 1.05 bits per heavy atom. The second kappa shape index (κ2) is 6.65. The van der Waals surface area contributed by atoms with Crippen LogP contribution in [0.2, 0.25) is 0 Å². The minimum absolute atomic E-state index is 0.293. The first kappa shape index (κ1) is 14.0. The van der Waals surface area contributed by atoms with E-state index in [2.05, 4.69) is 10.8 Å². The third-order valence-corrected chi connectivity index (χ3v) is 4.85. The minimum Gasteiger partial charge on any atom is -0.207 e. The van der Waals surface area contributed by atoms with Gasteiger partial charge in [0.05, 0.1) is 4.90 Å². The fourth-order valence-electron chi connectivity index (χ4n) is 1.55. The Kier molecular flexibility index (Phi) is 4.90. The Morgan fingerprint density at radius 3 is 2.53 bits per heavy atom. The summed E-state index contributed by atoms with van der Waals surface area (Å²) in [5, 5.41) is 2.03. The molecule has 1 N–H and O–H groups in total. The monoisotopic (exact) mass is 293 g/mol. The summed E-state index contributed by atoms with van der Waals surface area (Å²) < 4.78 is 26.3. The molecule has 0 bridgehead atoms. The summed E-state index contributed by atoms with van der Waals surface area (Å²) in [6.45, 7) is 0.308. The summed E-state index contributed by atoms with van der Waals surface area (Å²) >= 11 is 1.69. The quantitative estimate of drug-likeness (QED) is 0.832. The molecule has 19 heavy (non-hydrogen) atoms. The fourth-order valence-corrected chi connectivity index (χ4v) is 3.23. The van der Waals surface area contributed by atoms with Crippen molar-refractivity contribution in [3.8, 4) is 0 Å². The number of benzene rings is 1. The maximum atomic E-state index is 11.9. The van der Waals surface area contributed by atoms with Crippen molar-refractivity contribution in [3.63, 3.8) is 0 Å². The standard InChI is InChI=1S/C14H15NO2S2/c16-19(17,14-9-2-1-3-10-14)15-11-5-4-7-13-8-6-12-18-13/h1-6,8-10,12,15H,7,11H2/b5-4-. The van der Waals surface area contributed by atoms with E-state index in [4.69, 9.17) is 0 Å². The molecule has 0 amide bonds. The van der Waals surface area contributed by atoms with Crippen LogP contribution in [0.1, 0.15) is 4.88 Å². The van der Waals surface area contributed by atoms with E-state index in [1.165, 1.54) is 4.88 Å². The zero-order chi connectivity index (χ0) is 13.6. The van der Waals surface area contributed by atoms with E-state index in [1.54, 1.807) is 41.7 Å². The molecule has 2 rings (SSSR count). The molecule has 0 atom stereocenters. The Morgan fingerprint density at radius 2 is 1.84 bits per heavy atom. The third kappa shape index (κ3) is 4.31. The highest BCUT2D eigenvalue weighted by atomic mass is 32.2. The van der Waals surface area contributed by atoms with Crippen molar-refractivity contribution in [2.24, 2.45) is 0 Å². The Bertz CT molecular complexity index is 617. The lowest BCUT2D eigenvalue weighted by molar-refractivity contribution is 0.585. The van der Waals surface area contributed by atoms with Gasteiger partial charge in [-0.15, -0.1) is 11.3 Å². The SMILES string of the molecule is O=S(=O)(NC/C=C\Cc1cccs1)c1ccccc1. The van der Waals surface area contributed by atoms with E-state index in [9.17, 15) is 8.42 Å². The minimum atomic E-state index is -3.39. The van der Waals surface area contributed by atoms with Gasteiger partial charge < -0.3 is 0 Å². The second-order valence-corrected chi connectivity index (χ2v) is 6.72. The van der Waals surface area contributed by atoms with Crippen LogP contribution < -0.4 is 4.72 Å². The molecule has 2 aromatic rings. The van der Waals surface area contributed by atoms with Gasteiger partial charge in [-0.3, -0.25) is 0 Å². The van der Waals surface area contributed by atoms with Crippen molar-refractivity contribution in [1.29, 1.82) is 0 Å². The number of hydrogen-bond acceptors (Lipinski definition) is 3. The number of rotatable bonds is 6. The van der Waals surface area contributed by atoms with Crippen LogP contribution in [0.4, 0.5) is 0 Å². The van der Waals surface area contributed by atoms with Gasteiger partial charge in [-0.1, -0.05) is 36.4 Å². The molecular weight excluding hydrogens is 278 g/mol. The summed E-state index contributed by atoms with van der Waals surface area (Å²) in [6.07, 6.45) is 4.64. The highest BCUT2D eigenvalue weighted by Gasteiger charge is 2.10. The molecule has 0 saturated heterocycles. The number of thiophene rings is 1. The van der Waals surface area contributed by atoms with Gasteiger partial charge in [-0.25, -0.2) is 13.1 Å². The van der Waals surface area contributed by atoms with E-state index >= 15 is 0 Å². The van der Waals surface area contributed by atoms with Crippen molar-refractivity contribution in [1.82, 2.24) is 4.72 Å². The topological polar surface area (TPSA) is 46.2 Å². The molecular formula is C14H15NO2S2. The predicted octanol–water partition coefficient (Wildman–Crippen LogP) is 2.83. The van der Waals surface area contributed by atoms with Gasteiger partial charge in [-0.2, -0.15) is 0 Å². The van der Waals surface area contributed by atoms with Crippen LogP contribution in [0.25, 0.3) is 0 Å². The normalized spacial score (nSPS) is 12.0. The van der Waals surface area contributed by atoms with Crippen molar-refractivity contribution < 1.29 is 8.42 Å². The van der Waals surface area contributed by atoms with Crippen molar-refractivity contribution >= 4 is 21.4 Å². The van der Waals surface area contributed by atoms with Gasteiger partial charge in [0.25, 0.3) is 0 Å². The molecule has 0 spiro atoms. The second-order valence-electron chi connectivity index (χ2n) is 3.92. The van der Waals surface area contributed by atoms with Gasteiger partial charge in [0.1, 0.15) is 0 Å². The summed E-state index contributed by atoms with van der Waals surface area (Å²) in [6, 6.07) is 12.4. The van der Waals surface area contributed by atoms with E-state index in [0.29, 0.717) is 11.4 Å².